The Hall–Kier alpha value is -4.62. The molecule has 0 aromatic carbocycles. The number of carboxylic acids is 1. The molecular weight excluding hydrogens is 973 g/mol. The summed E-state index contributed by atoms with van der Waals surface area (Å²) in [5.74, 6) is -3.31. The van der Waals surface area contributed by atoms with E-state index in [1.54, 1.807) is 0 Å². The number of carbonyl (C=O) groups is 4. The third kappa shape index (κ3) is 42.1. The summed E-state index contributed by atoms with van der Waals surface area (Å²) in [6.07, 6.45) is 58.0. The summed E-state index contributed by atoms with van der Waals surface area (Å²) in [7, 11) is 0. The van der Waals surface area contributed by atoms with Crippen LogP contribution in [-0.4, -0.2) is 89.2 Å². The highest BCUT2D eigenvalue weighted by atomic mass is 16.7. The van der Waals surface area contributed by atoms with Crippen LogP contribution in [0.25, 0.3) is 0 Å². The summed E-state index contributed by atoms with van der Waals surface area (Å²) >= 11 is 0. The van der Waals surface area contributed by atoms with Gasteiger partial charge in [0.1, 0.15) is 18.8 Å². The zero-order chi connectivity index (χ0) is 56.1. The molecule has 0 saturated carbocycles. The smallest absolute Gasteiger partial charge is 0.335 e. The highest BCUT2D eigenvalue weighted by molar-refractivity contribution is 5.74. The molecule has 0 bridgehead atoms. The molecule has 0 amide bonds. The number of allylic oxidation sites excluding steroid dienone is 18. The summed E-state index contributed by atoms with van der Waals surface area (Å²) in [5, 5.41) is 31.5. The molecule has 0 aromatic heterocycles. The number of aliphatic hydroxyl groups is 2. The van der Waals surface area contributed by atoms with Gasteiger partial charge < -0.3 is 39.0 Å². The third-order valence-corrected chi connectivity index (χ3v) is 12.9. The average Bonchev–Trinajstić information content (AvgIpc) is 3.42. The van der Waals surface area contributed by atoms with Crippen molar-refractivity contribution in [2.24, 2.45) is 0 Å². The molecule has 1 saturated heterocycles. The SMILES string of the molecule is CC/C=C\C/C=C\C/C=C\C/C=C\C/C=C\CCCC(=O)OCC(COC1OC(C(=O)O)C(O)C(O)C1OC(=O)CCCCCCCCCCCCCCCCCCC)OC(=O)CC/C=C\C/C=C\C/C=C\C/C=C\CC. The number of hydrogen-bond acceptors (Lipinski definition) is 11. The van der Waals surface area contributed by atoms with E-state index in [4.69, 9.17) is 23.7 Å². The number of rotatable bonds is 49. The lowest BCUT2D eigenvalue weighted by molar-refractivity contribution is -0.301. The minimum absolute atomic E-state index is 0.0253. The van der Waals surface area contributed by atoms with Gasteiger partial charge in [-0.15, -0.1) is 0 Å². The van der Waals surface area contributed by atoms with Gasteiger partial charge in [0.05, 0.1) is 6.61 Å². The van der Waals surface area contributed by atoms with Crippen molar-refractivity contribution in [3.05, 3.63) is 109 Å². The van der Waals surface area contributed by atoms with Crippen LogP contribution in [0.4, 0.5) is 0 Å². The van der Waals surface area contributed by atoms with Gasteiger partial charge in [0.2, 0.25) is 0 Å². The molecule has 77 heavy (non-hydrogen) atoms. The van der Waals surface area contributed by atoms with Crippen molar-refractivity contribution in [3.8, 4) is 0 Å². The molecule has 1 aliphatic heterocycles. The lowest BCUT2D eigenvalue weighted by atomic mass is 9.98. The fourth-order valence-corrected chi connectivity index (χ4v) is 8.36. The van der Waals surface area contributed by atoms with Gasteiger partial charge >= 0.3 is 23.9 Å². The van der Waals surface area contributed by atoms with Gasteiger partial charge in [-0.1, -0.05) is 233 Å². The number of aliphatic hydroxyl groups excluding tert-OH is 2. The first kappa shape index (κ1) is 70.4. The lowest BCUT2D eigenvalue weighted by Gasteiger charge is -2.40. The predicted molar refractivity (Wildman–Crippen MR) is 312 cm³/mol. The van der Waals surface area contributed by atoms with E-state index in [1.165, 1.54) is 77.0 Å². The Labute approximate surface area is 465 Å². The summed E-state index contributed by atoms with van der Waals surface area (Å²) in [6, 6.07) is 0. The topological polar surface area (TPSA) is 175 Å². The molecule has 1 fully saturated rings. The Bertz CT molecular complexity index is 1750. The van der Waals surface area contributed by atoms with Gasteiger partial charge in [-0.3, -0.25) is 14.4 Å². The fourth-order valence-electron chi connectivity index (χ4n) is 8.36. The van der Waals surface area contributed by atoms with Gasteiger partial charge in [0.15, 0.2) is 24.6 Å². The summed E-state index contributed by atoms with van der Waals surface area (Å²) in [6.45, 7) is 5.65. The van der Waals surface area contributed by atoms with Crippen molar-refractivity contribution >= 4 is 23.9 Å². The van der Waals surface area contributed by atoms with Gasteiger partial charge in [0.25, 0.3) is 0 Å². The molecule has 12 heteroatoms. The van der Waals surface area contributed by atoms with Crippen molar-refractivity contribution in [2.45, 2.75) is 263 Å². The number of ether oxygens (including phenoxy) is 5. The maximum Gasteiger partial charge on any atom is 0.335 e. The van der Waals surface area contributed by atoms with Gasteiger partial charge in [-0.25, -0.2) is 4.79 Å². The Morgan fingerprint density at radius 2 is 0.844 bits per heavy atom. The van der Waals surface area contributed by atoms with Gasteiger partial charge in [-0.2, -0.15) is 0 Å². The molecule has 3 N–H and O–H groups in total. The van der Waals surface area contributed by atoms with Crippen molar-refractivity contribution in [2.75, 3.05) is 13.2 Å². The number of aliphatic carboxylic acids is 1. The van der Waals surface area contributed by atoms with E-state index in [-0.39, 0.29) is 25.9 Å². The van der Waals surface area contributed by atoms with Crippen LogP contribution in [0.5, 0.6) is 0 Å². The number of carbonyl (C=O) groups excluding carboxylic acids is 3. The first-order chi connectivity index (χ1) is 37.6. The fraction of sp³-hybridized carbons (Fsp3) is 0.662. The number of carboxylic acid groups (broad SMARTS) is 1. The Morgan fingerprint density at radius 3 is 1.29 bits per heavy atom. The number of hydrogen-bond donors (Lipinski definition) is 3. The molecule has 0 aromatic rings. The minimum atomic E-state index is -1.92. The Morgan fingerprint density at radius 1 is 0.442 bits per heavy atom. The molecule has 0 radical (unpaired) electrons. The zero-order valence-electron chi connectivity index (χ0n) is 47.9. The highest BCUT2D eigenvalue weighted by Crippen LogP contribution is 2.26. The first-order valence-electron chi connectivity index (χ1n) is 29.9. The second kappa shape index (κ2) is 52.1. The second-order valence-electron chi connectivity index (χ2n) is 19.9. The second-order valence-corrected chi connectivity index (χ2v) is 19.9. The molecule has 0 aliphatic carbocycles. The zero-order valence-corrected chi connectivity index (χ0v) is 47.9. The molecule has 6 atom stereocenters. The van der Waals surface area contributed by atoms with Crippen LogP contribution in [-0.2, 0) is 42.9 Å². The van der Waals surface area contributed by atoms with Crippen LogP contribution in [0.15, 0.2) is 109 Å². The van der Waals surface area contributed by atoms with Gasteiger partial charge in [-0.05, 0) is 83.5 Å². The molecular formula is C65H104O12. The molecule has 0 spiro atoms. The maximum atomic E-state index is 13.1. The Kier molecular flexibility index (Phi) is 47.6. The maximum absolute atomic E-state index is 13.1. The summed E-state index contributed by atoms with van der Waals surface area (Å²) in [4.78, 5) is 51.1. The van der Waals surface area contributed by atoms with Crippen molar-refractivity contribution in [3.63, 3.8) is 0 Å². The van der Waals surface area contributed by atoms with Crippen LogP contribution in [0.2, 0.25) is 0 Å². The van der Waals surface area contributed by atoms with Crippen LogP contribution >= 0.6 is 0 Å². The number of unbranched alkanes of at least 4 members (excludes halogenated alkanes) is 17. The third-order valence-electron chi connectivity index (χ3n) is 12.9. The lowest BCUT2D eigenvalue weighted by Crippen LogP contribution is -2.61. The van der Waals surface area contributed by atoms with Crippen molar-refractivity contribution in [1.82, 2.24) is 0 Å². The molecule has 1 heterocycles. The molecule has 12 nitrogen and oxygen atoms in total. The van der Waals surface area contributed by atoms with E-state index < -0.39 is 67.3 Å². The van der Waals surface area contributed by atoms with Gasteiger partial charge in [0, 0.05) is 19.3 Å². The number of esters is 3. The Balaban J connectivity index is 2.74. The molecule has 436 valence electrons. The molecule has 6 unspecified atom stereocenters. The molecule has 1 rings (SSSR count). The normalized spacial score (nSPS) is 18.8. The standard InChI is InChI=1S/C65H104O12/c1-4-7-10-13-16-19-22-25-27-29-31-34-36-39-42-45-48-51-57(66)73-54-56(75-58(67)52-49-46-43-40-37-33-24-21-18-15-12-9-6-3)55-74-65-63(61(70)60(69)62(77-65)64(71)72)76-59(68)53-50-47-44-41-38-35-32-30-28-26-23-20-17-14-11-8-5-2/h7,9-10,12,16,18-19,21,25,27,31,33-34,37,39,42-43,46,56,60-63,65,69-70H,4-6,8,11,13-15,17,20,22-24,26,28-30,32,35-36,38,40-41,44-45,47-55H2,1-3H3,(H,71,72)/b10-7-,12-9-,19-16-,21-18-,27-25-,34-31-,37-33-,42-39-,46-43-. The van der Waals surface area contributed by atoms with E-state index in [2.05, 4.69) is 112 Å². The van der Waals surface area contributed by atoms with Crippen LogP contribution in [0, 0.1) is 0 Å². The minimum Gasteiger partial charge on any atom is -0.479 e. The molecule has 1 aliphatic rings. The highest BCUT2D eigenvalue weighted by Gasteiger charge is 2.50. The average molecular weight is 1080 g/mol. The quantitative estimate of drug-likeness (QED) is 0.0228. The summed E-state index contributed by atoms with van der Waals surface area (Å²) in [5.41, 5.74) is 0. The van der Waals surface area contributed by atoms with E-state index in [9.17, 15) is 34.5 Å². The van der Waals surface area contributed by atoms with E-state index >= 15 is 0 Å². The summed E-state index contributed by atoms with van der Waals surface area (Å²) < 4.78 is 28.3. The monoisotopic (exact) mass is 1080 g/mol. The van der Waals surface area contributed by atoms with E-state index in [0.717, 1.165) is 77.0 Å². The van der Waals surface area contributed by atoms with Crippen molar-refractivity contribution < 1.29 is 58.2 Å². The van der Waals surface area contributed by atoms with Crippen LogP contribution in [0.1, 0.15) is 226 Å². The predicted octanol–water partition coefficient (Wildman–Crippen LogP) is 15.4. The van der Waals surface area contributed by atoms with Crippen LogP contribution < -0.4 is 0 Å². The first-order valence-corrected chi connectivity index (χ1v) is 29.9. The largest absolute Gasteiger partial charge is 0.479 e. The van der Waals surface area contributed by atoms with Crippen LogP contribution in [0.3, 0.4) is 0 Å². The van der Waals surface area contributed by atoms with Crippen molar-refractivity contribution in [1.29, 1.82) is 0 Å². The van der Waals surface area contributed by atoms with E-state index in [1.807, 2.05) is 18.2 Å². The van der Waals surface area contributed by atoms with E-state index in [0.29, 0.717) is 32.1 Å².